The molecule has 0 saturated carbocycles. The molecule has 0 aliphatic rings. The first-order chi connectivity index (χ1) is 13.4. The molecule has 0 saturated heterocycles. The number of hydrogen-bond acceptors (Lipinski definition) is 6. The van der Waals surface area contributed by atoms with Gasteiger partial charge in [0.05, 0.1) is 14.2 Å². The molecule has 146 valence electrons. The second kappa shape index (κ2) is 9.77. The van der Waals surface area contributed by atoms with E-state index in [1.165, 1.54) is 32.4 Å². The summed E-state index contributed by atoms with van der Waals surface area (Å²) < 4.78 is 15.3. The lowest BCUT2D eigenvalue weighted by molar-refractivity contribution is -0.134. The Morgan fingerprint density at radius 1 is 1.04 bits per heavy atom. The molecule has 0 atom stereocenters. The summed E-state index contributed by atoms with van der Waals surface area (Å²) in [6.45, 7) is -0.245. The highest BCUT2D eigenvalue weighted by atomic mass is 16.5. The molecule has 0 aliphatic heterocycles. The van der Waals surface area contributed by atoms with E-state index in [0.29, 0.717) is 28.3 Å². The third-order valence-corrected chi connectivity index (χ3v) is 3.61. The quantitative estimate of drug-likeness (QED) is 0.531. The number of anilines is 1. The number of carbonyl (C=O) groups excluding carboxylic acids is 3. The number of ether oxygens (including phenoxy) is 3. The van der Waals surface area contributed by atoms with E-state index in [0.717, 1.165) is 0 Å². The number of benzene rings is 2. The van der Waals surface area contributed by atoms with E-state index in [1.807, 2.05) is 0 Å². The molecule has 8 heteroatoms. The summed E-state index contributed by atoms with van der Waals surface area (Å²) in [6, 6.07) is 11.2. The summed E-state index contributed by atoms with van der Waals surface area (Å²) in [5.41, 5.74) is 6.73. The van der Waals surface area contributed by atoms with E-state index in [-0.39, 0.29) is 12.5 Å². The Balaban J connectivity index is 1.97. The summed E-state index contributed by atoms with van der Waals surface area (Å²) in [5.74, 6) is -0.621. The molecule has 0 spiro atoms. The third kappa shape index (κ3) is 5.87. The van der Waals surface area contributed by atoms with Crippen molar-refractivity contribution < 1.29 is 28.6 Å². The van der Waals surface area contributed by atoms with Crippen LogP contribution in [0.1, 0.15) is 15.9 Å². The number of nitrogens with two attached hydrogens (primary N) is 1. The summed E-state index contributed by atoms with van der Waals surface area (Å²) in [4.78, 5) is 34.2. The maximum Gasteiger partial charge on any atom is 0.330 e. The van der Waals surface area contributed by atoms with Crippen LogP contribution in [0, 0.1) is 0 Å². The van der Waals surface area contributed by atoms with Crippen LogP contribution in [0.4, 0.5) is 5.69 Å². The summed E-state index contributed by atoms with van der Waals surface area (Å²) >= 11 is 0. The first kappa shape index (κ1) is 20.5. The van der Waals surface area contributed by atoms with E-state index in [1.54, 1.807) is 36.4 Å². The molecule has 0 heterocycles. The average molecular weight is 384 g/mol. The maximum atomic E-state index is 12.1. The Morgan fingerprint density at radius 3 is 2.36 bits per heavy atom. The molecule has 2 aromatic rings. The van der Waals surface area contributed by atoms with Gasteiger partial charge in [0.2, 0.25) is 5.91 Å². The number of nitrogens with one attached hydrogen (secondary N) is 1. The highest BCUT2D eigenvalue weighted by Gasteiger charge is 2.09. The van der Waals surface area contributed by atoms with Crippen LogP contribution >= 0.6 is 0 Å². The lowest BCUT2D eigenvalue weighted by Gasteiger charge is -2.11. The molecule has 8 nitrogen and oxygen atoms in total. The Hall–Kier alpha value is -3.81. The predicted molar refractivity (Wildman–Crippen MR) is 103 cm³/mol. The number of rotatable bonds is 8. The van der Waals surface area contributed by atoms with Crippen molar-refractivity contribution in [3.05, 3.63) is 59.7 Å². The van der Waals surface area contributed by atoms with Gasteiger partial charge < -0.3 is 25.3 Å². The van der Waals surface area contributed by atoms with E-state index < -0.39 is 11.9 Å². The van der Waals surface area contributed by atoms with Gasteiger partial charge in [-0.05, 0) is 48.0 Å². The molecule has 0 unspecified atom stereocenters. The molecular formula is C20H20N2O6. The van der Waals surface area contributed by atoms with Gasteiger partial charge in [0.15, 0.2) is 18.1 Å². The minimum atomic E-state index is -0.543. The van der Waals surface area contributed by atoms with Gasteiger partial charge in [0, 0.05) is 17.3 Å². The fourth-order valence-electron chi connectivity index (χ4n) is 2.20. The van der Waals surface area contributed by atoms with Crippen molar-refractivity contribution in [2.45, 2.75) is 0 Å². The normalized spacial score (nSPS) is 10.4. The van der Waals surface area contributed by atoms with Crippen LogP contribution in [0.2, 0.25) is 0 Å². The van der Waals surface area contributed by atoms with Crippen LogP contribution in [0.3, 0.4) is 0 Å². The van der Waals surface area contributed by atoms with Gasteiger partial charge in [-0.3, -0.25) is 9.59 Å². The van der Waals surface area contributed by atoms with E-state index in [9.17, 15) is 14.4 Å². The van der Waals surface area contributed by atoms with Gasteiger partial charge in [0.1, 0.15) is 0 Å². The summed E-state index contributed by atoms with van der Waals surface area (Å²) in [7, 11) is 2.76. The topological polar surface area (TPSA) is 117 Å². The zero-order valence-corrected chi connectivity index (χ0v) is 15.4. The van der Waals surface area contributed by atoms with Crippen molar-refractivity contribution >= 4 is 29.5 Å². The fraction of sp³-hybridized carbons (Fsp3) is 0.150. The number of carbonyl (C=O) groups is 3. The standard InChI is InChI=1S/C20H20N2O6/c1-26-17-11-13(4-10-19(24)27-2)3-9-16(17)28-12-18(23)22-15-7-5-14(6-8-15)20(21)25/h3-11H,12H2,1-2H3,(H2,21,25)(H,22,23)/b10-4+. The number of methoxy groups -OCH3 is 2. The molecule has 2 rings (SSSR count). The molecule has 0 radical (unpaired) electrons. The van der Waals surface area contributed by atoms with Gasteiger partial charge in [-0.15, -0.1) is 0 Å². The van der Waals surface area contributed by atoms with Gasteiger partial charge in [-0.1, -0.05) is 6.07 Å². The molecule has 2 aromatic carbocycles. The minimum absolute atomic E-state index is 0.245. The van der Waals surface area contributed by atoms with Crippen LogP contribution < -0.4 is 20.5 Å². The summed E-state index contributed by atoms with van der Waals surface area (Å²) in [6.07, 6.45) is 2.85. The minimum Gasteiger partial charge on any atom is -0.493 e. The highest BCUT2D eigenvalue weighted by molar-refractivity contribution is 5.95. The SMILES string of the molecule is COC(=O)/C=C/c1ccc(OCC(=O)Nc2ccc(C(N)=O)cc2)c(OC)c1. The lowest BCUT2D eigenvalue weighted by atomic mass is 10.2. The van der Waals surface area contributed by atoms with Crippen molar-refractivity contribution in [1.82, 2.24) is 0 Å². The third-order valence-electron chi connectivity index (χ3n) is 3.61. The number of esters is 1. The predicted octanol–water partition coefficient (Wildman–Crippen LogP) is 2.00. The lowest BCUT2D eigenvalue weighted by Crippen LogP contribution is -2.20. The smallest absolute Gasteiger partial charge is 0.330 e. The molecule has 2 amide bonds. The molecule has 0 aliphatic carbocycles. The Labute approximate surface area is 161 Å². The molecule has 0 fully saturated rings. The van der Waals surface area contributed by atoms with Crippen molar-refractivity contribution in [3.8, 4) is 11.5 Å². The Morgan fingerprint density at radius 2 is 1.75 bits per heavy atom. The van der Waals surface area contributed by atoms with Crippen LogP contribution in [-0.4, -0.2) is 38.6 Å². The van der Waals surface area contributed by atoms with E-state index >= 15 is 0 Å². The van der Waals surface area contributed by atoms with E-state index in [4.69, 9.17) is 15.2 Å². The Bertz CT molecular complexity index is 890. The Kier molecular flexibility index (Phi) is 7.15. The van der Waals surface area contributed by atoms with Gasteiger partial charge in [0.25, 0.3) is 5.91 Å². The number of amides is 2. The first-order valence-electron chi connectivity index (χ1n) is 8.19. The zero-order valence-electron chi connectivity index (χ0n) is 15.4. The molecule has 3 N–H and O–H groups in total. The maximum absolute atomic E-state index is 12.1. The highest BCUT2D eigenvalue weighted by Crippen LogP contribution is 2.28. The molecule has 0 bridgehead atoms. The van der Waals surface area contributed by atoms with Crippen LogP contribution in [0.5, 0.6) is 11.5 Å². The van der Waals surface area contributed by atoms with Crippen LogP contribution in [0.25, 0.3) is 6.08 Å². The van der Waals surface area contributed by atoms with E-state index in [2.05, 4.69) is 10.1 Å². The van der Waals surface area contributed by atoms with Crippen LogP contribution in [-0.2, 0) is 14.3 Å². The number of hydrogen-bond donors (Lipinski definition) is 2. The second-order valence-corrected chi connectivity index (χ2v) is 5.55. The average Bonchev–Trinajstić information content (AvgIpc) is 2.70. The van der Waals surface area contributed by atoms with Gasteiger partial charge in [-0.2, -0.15) is 0 Å². The van der Waals surface area contributed by atoms with Crippen molar-refractivity contribution in [2.75, 3.05) is 26.1 Å². The molecular weight excluding hydrogens is 364 g/mol. The van der Waals surface area contributed by atoms with Gasteiger partial charge >= 0.3 is 5.97 Å². The van der Waals surface area contributed by atoms with Crippen LogP contribution in [0.15, 0.2) is 48.5 Å². The van der Waals surface area contributed by atoms with Crippen molar-refractivity contribution in [1.29, 1.82) is 0 Å². The summed E-state index contributed by atoms with van der Waals surface area (Å²) in [5, 5.41) is 2.65. The second-order valence-electron chi connectivity index (χ2n) is 5.55. The van der Waals surface area contributed by atoms with Gasteiger partial charge in [-0.25, -0.2) is 4.79 Å². The number of primary amides is 1. The zero-order chi connectivity index (χ0) is 20.5. The first-order valence-corrected chi connectivity index (χ1v) is 8.19. The molecule has 0 aromatic heterocycles. The fourth-order valence-corrected chi connectivity index (χ4v) is 2.20. The van der Waals surface area contributed by atoms with Crippen molar-refractivity contribution in [2.24, 2.45) is 5.73 Å². The monoisotopic (exact) mass is 384 g/mol. The largest absolute Gasteiger partial charge is 0.493 e. The molecule has 28 heavy (non-hydrogen) atoms. The van der Waals surface area contributed by atoms with Crippen molar-refractivity contribution in [3.63, 3.8) is 0 Å².